The molecule has 2 aliphatic rings. The molecule has 1 atom stereocenters. The fourth-order valence-corrected chi connectivity index (χ4v) is 3.08. The van der Waals surface area contributed by atoms with Gasteiger partial charge in [0.05, 0.1) is 12.8 Å². The number of urea groups is 1. The number of benzene rings is 1. The molecule has 0 spiro atoms. The number of anilines is 1. The summed E-state index contributed by atoms with van der Waals surface area (Å²) in [7, 11) is 1.52. The van der Waals surface area contributed by atoms with Crippen molar-refractivity contribution in [2.75, 3.05) is 25.5 Å². The predicted octanol–water partition coefficient (Wildman–Crippen LogP) is 1.37. The fourth-order valence-electron chi connectivity index (χ4n) is 3.08. The molecule has 0 saturated carbocycles. The summed E-state index contributed by atoms with van der Waals surface area (Å²) in [6.07, 6.45) is 1.51. The normalized spacial score (nSPS) is 20.0. The summed E-state index contributed by atoms with van der Waals surface area (Å²) in [5, 5.41) is 2.71. The third kappa shape index (κ3) is 2.74. The number of ether oxygens (including phenoxy) is 1. The van der Waals surface area contributed by atoms with E-state index in [9.17, 15) is 14.4 Å². The van der Waals surface area contributed by atoms with Crippen LogP contribution in [0, 0.1) is 6.92 Å². The summed E-state index contributed by atoms with van der Waals surface area (Å²) in [4.78, 5) is 39.2. The Bertz CT molecular complexity index is 651. The molecule has 1 aromatic rings. The molecule has 2 fully saturated rings. The molecule has 2 aliphatic heterocycles. The first kappa shape index (κ1) is 15.3. The van der Waals surface area contributed by atoms with Gasteiger partial charge in [0.25, 0.3) is 5.91 Å². The van der Waals surface area contributed by atoms with Gasteiger partial charge in [0.1, 0.15) is 18.3 Å². The predicted molar refractivity (Wildman–Crippen MR) is 83.2 cm³/mol. The Kier molecular flexibility index (Phi) is 3.94. The third-order valence-corrected chi connectivity index (χ3v) is 4.21. The lowest BCUT2D eigenvalue weighted by Crippen LogP contribution is -2.39. The van der Waals surface area contributed by atoms with Crippen LogP contribution in [0.1, 0.15) is 18.4 Å². The van der Waals surface area contributed by atoms with Gasteiger partial charge in [-0.05, 0) is 37.5 Å². The monoisotopic (exact) mass is 317 g/mol. The highest BCUT2D eigenvalue weighted by Gasteiger charge is 2.47. The quantitative estimate of drug-likeness (QED) is 0.851. The van der Waals surface area contributed by atoms with Gasteiger partial charge in [-0.1, -0.05) is 6.07 Å². The Hall–Kier alpha value is -2.57. The van der Waals surface area contributed by atoms with Crippen LogP contribution in [0.4, 0.5) is 10.5 Å². The molecule has 1 N–H and O–H groups in total. The zero-order valence-electron chi connectivity index (χ0n) is 13.2. The number of fused-ring (bicyclic) bond motifs is 1. The van der Waals surface area contributed by atoms with Crippen LogP contribution < -0.4 is 10.1 Å². The number of rotatable bonds is 4. The molecule has 7 nitrogen and oxygen atoms in total. The highest BCUT2D eigenvalue weighted by atomic mass is 16.5. The van der Waals surface area contributed by atoms with Crippen molar-refractivity contribution in [3.05, 3.63) is 23.8 Å². The molecule has 0 radical (unpaired) electrons. The van der Waals surface area contributed by atoms with Crippen LogP contribution in [0.5, 0.6) is 5.75 Å². The number of nitrogens with zero attached hydrogens (tertiary/aromatic N) is 2. The van der Waals surface area contributed by atoms with Gasteiger partial charge in [0, 0.05) is 6.54 Å². The fraction of sp³-hybridized carbons (Fsp3) is 0.438. The van der Waals surface area contributed by atoms with Gasteiger partial charge in [-0.2, -0.15) is 0 Å². The number of aryl methyl sites for hydroxylation is 1. The van der Waals surface area contributed by atoms with Crippen LogP contribution in [0.15, 0.2) is 18.2 Å². The summed E-state index contributed by atoms with van der Waals surface area (Å²) >= 11 is 0. The minimum absolute atomic E-state index is 0.276. The topological polar surface area (TPSA) is 79.0 Å². The van der Waals surface area contributed by atoms with E-state index in [1.54, 1.807) is 17.0 Å². The number of carbonyl (C=O) groups excluding carboxylic acids is 3. The van der Waals surface area contributed by atoms with Crippen molar-refractivity contribution < 1.29 is 19.1 Å². The molecule has 2 heterocycles. The second-order valence-electron chi connectivity index (χ2n) is 5.81. The first-order valence-electron chi connectivity index (χ1n) is 7.57. The van der Waals surface area contributed by atoms with Gasteiger partial charge in [-0.15, -0.1) is 0 Å². The van der Waals surface area contributed by atoms with Crippen LogP contribution in [0.3, 0.4) is 0 Å². The summed E-state index contributed by atoms with van der Waals surface area (Å²) < 4.78 is 5.20. The highest BCUT2D eigenvalue weighted by molar-refractivity contribution is 6.08. The number of amides is 4. The number of nitrogens with one attached hydrogen (secondary N) is 1. The van der Waals surface area contributed by atoms with Crippen molar-refractivity contribution in [3.8, 4) is 5.75 Å². The first-order chi connectivity index (χ1) is 11.0. The average Bonchev–Trinajstić information content (AvgIpc) is 3.08. The zero-order valence-corrected chi connectivity index (χ0v) is 13.2. The van der Waals surface area contributed by atoms with E-state index in [1.165, 1.54) is 7.11 Å². The maximum Gasteiger partial charge on any atom is 0.327 e. The van der Waals surface area contributed by atoms with Gasteiger partial charge in [-0.3, -0.25) is 14.5 Å². The zero-order chi connectivity index (χ0) is 16.6. The van der Waals surface area contributed by atoms with Crippen molar-refractivity contribution in [1.29, 1.82) is 0 Å². The van der Waals surface area contributed by atoms with E-state index >= 15 is 0 Å². The van der Waals surface area contributed by atoms with Gasteiger partial charge in [0.15, 0.2) is 0 Å². The van der Waals surface area contributed by atoms with Crippen LogP contribution in [-0.2, 0) is 9.59 Å². The minimum atomic E-state index is -0.420. The molecule has 3 rings (SSSR count). The summed E-state index contributed by atoms with van der Waals surface area (Å²) in [6, 6.07) is 4.65. The molecule has 1 aromatic carbocycles. The number of carbonyl (C=O) groups is 3. The van der Waals surface area contributed by atoms with Gasteiger partial charge >= 0.3 is 6.03 Å². The van der Waals surface area contributed by atoms with Gasteiger partial charge < -0.3 is 15.0 Å². The Balaban J connectivity index is 1.70. The first-order valence-corrected chi connectivity index (χ1v) is 7.57. The highest BCUT2D eigenvalue weighted by Crippen LogP contribution is 2.28. The summed E-state index contributed by atoms with van der Waals surface area (Å²) in [5.74, 6) is -0.167. The lowest BCUT2D eigenvalue weighted by molar-refractivity contribution is -0.131. The van der Waals surface area contributed by atoms with Crippen molar-refractivity contribution in [3.63, 3.8) is 0 Å². The van der Waals surface area contributed by atoms with E-state index in [-0.39, 0.29) is 24.5 Å². The third-order valence-electron chi connectivity index (χ3n) is 4.21. The number of methoxy groups -OCH3 is 1. The SMILES string of the molecule is COc1ccc(C)cc1NC(=O)CN1C(=O)C2CCCN2C1=O. The van der Waals surface area contributed by atoms with E-state index in [2.05, 4.69) is 5.32 Å². The lowest BCUT2D eigenvalue weighted by Gasteiger charge is -2.16. The van der Waals surface area contributed by atoms with Crippen LogP contribution >= 0.6 is 0 Å². The van der Waals surface area contributed by atoms with E-state index in [0.29, 0.717) is 24.4 Å². The van der Waals surface area contributed by atoms with Crippen LogP contribution in [-0.4, -0.2) is 53.9 Å². The lowest BCUT2D eigenvalue weighted by atomic mass is 10.2. The maximum absolute atomic E-state index is 12.2. The Morgan fingerprint density at radius 2 is 2.17 bits per heavy atom. The Morgan fingerprint density at radius 3 is 2.87 bits per heavy atom. The number of hydrogen-bond donors (Lipinski definition) is 1. The van der Waals surface area contributed by atoms with Crippen molar-refractivity contribution in [2.45, 2.75) is 25.8 Å². The molecule has 122 valence electrons. The molecule has 2 saturated heterocycles. The van der Waals surface area contributed by atoms with E-state index in [4.69, 9.17) is 4.74 Å². The smallest absolute Gasteiger partial charge is 0.327 e. The average molecular weight is 317 g/mol. The minimum Gasteiger partial charge on any atom is -0.495 e. The summed E-state index contributed by atoms with van der Waals surface area (Å²) in [6.45, 7) is 2.21. The van der Waals surface area contributed by atoms with Crippen LogP contribution in [0.2, 0.25) is 0 Å². The van der Waals surface area contributed by atoms with Crippen molar-refractivity contribution in [1.82, 2.24) is 9.80 Å². The largest absolute Gasteiger partial charge is 0.495 e. The molecule has 0 bridgehead atoms. The summed E-state index contributed by atoms with van der Waals surface area (Å²) in [5.41, 5.74) is 1.49. The van der Waals surface area contributed by atoms with Gasteiger partial charge in [0.2, 0.25) is 5.91 Å². The van der Waals surface area contributed by atoms with Gasteiger partial charge in [-0.25, -0.2) is 4.79 Å². The van der Waals surface area contributed by atoms with E-state index in [1.807, 2.05) is 13.0 Å². The molecule has 23 heavy (non-hydrogen) atoms. The van der Waals surface area contributed by atoms with Crippen molar-refractivity contribution in [2.24, 2.45) is 0 Å². The second-order valence-corrected chi connectivity index (χ2v) is 5.81. The molecular weight excluding hydrogens is 298 g/mol. The van der Waals surface area contributed by atoms with E-state index in [0.717, 1.165) is 16.9 Å². The van der Waals surface area contributed by atoms with Crippen LogP contribution in [0.25, 0.3) is 0 Å². The number of hydrogen-bond acceptors (Lipinski definition) is 4. The molecule has 4 amide bonds. The molecule has 1 unspecified atom stereocenters. The Labute approximate surface area is 134 Å². The van der Waals surface area contributed by atoms with E-state index < -0.39 is 5.91 Å². The molecule has 7 heteroatoms. The standard InChI is InChI=1S/C16H19N3O4/c1-10-5-6-13(23-2)11(8-10)17-14(20)9-19-15(21)12-4-3-7-18(12)16(19)22/h5-6,8,12H,3-4,7,9H2,1-2H3,(H,17,20). The second kappa shape index (κ2) is 5.91. The van der Waals surface area contributed by atoms with Crippen molar-refractivity contribution >= 4 is 23.5 Å². The molecular formula is C16H19N3O4. The maximum atomic E-state index is 12.2. The molecule has 0 aromatic heterocycles. The molecule has 0 aliphatic carbocycles. The Morgan fingerprint density at radius 1 is 1.39 bits per heavy atom. The number of imide groups is 1.